The number of hydrogen-bond donors (Lipinski definition) is 1. The first-order valence-electron chi connectivity index (χ1n) is 12.9. The van der Waals surface area contributed by atoms with E-state index in [4.69, 9.17) is 18.9 Å². The van der Waals surface area contributed by atoms with Crippen LogP contribution in [0, 0.1) is 5.41 Å². The number of nitrogens with one attached hydrogen (secondary N) is 1. The Hall–Kier alpha value is -2.96. The number of Topliss-reactive ketones (excluding diaryl/α,β-unsaturated/α-hetero) is 1. The number of methoxy groups -OCH3 is 3. The van der Waals surface area contributed by atoms with Gasteiger partial charge >= 0.3 is 5.97 Å². The van der Waals surface area contributed by atoms with Crippen LogP contribution in [0.5, 0.6) is 17.2 Å². The Morgan fingerprint density at radius 3 is 2.22 bits per heavy atom. The van der Waals surface area contributed by atoms with Gasteiger partial charge in [-0.2, -0.15) is 0 Å². The molecule has 2 aliphatic carbocycles. The highest BCUT2D eigenvalue weighted by Crippen LogP contribution is 2.52. The van der Waals surface area contributed by atoms with Gasteiger partial charge in [0.05, 0.1) is 32.8 Å². The third-order valence-corrected chi connectivity index (χ3v) is 7.58. The summed E-state index contributed by atoms with van der Waals surface area (Å²) in [6, 6.07) is 3.65. The molecule has 1 heterocycles. The number of ether oxygens (including phenoxy) is 4. The molecule has 1 N–H and O–H groups in total. The summed E-state index contributed by atoms with van der Waals surface area (Å²) in [7, 11) is 4.67. The van der Waals surface area contributed by atoms with Crippen LogP contribution in [0.15, 0.2) is 34.7 Å². The molecule has 1 aromatic carbocycles. The first-order chi connectivity index (χ1) is 17.2. The molecule has 1 atom stereocenters. The highest BCUT2D eigenvalue weighted by atomic mass is 16.5. The highest BCUT2D eigenvalue weighted by Gasteiger charge is 2.45. The number of esters is 1. The van der Waals surface area contributed by atoms with E-state index in [9.17, 15) is 9.59 Å². The minimum Gasteiger partial charge on any atom is -0.493 e. The molecule has 7 nitrogen and oxygen atoms in total. The van der Waals surface area contributed by atoms with E-state index in [1.54, 1.807) is 27.4 Å². The summed E-state index contributed by atoms with van der Waals surface area (Å²) in [6.07, 6.45) is 7.21. The summed E-state index contributed by atoms with van der Waals surface area (Å²) in [5.41, 5.74) is 3.15. The number of benzene rings is 1. The number of allylic oxidation sites excluding steroid dienone is 3. The lowest BCUT2D eigenvalue weighted by Gasteiger charge is -2.40. The Labute approximate surface area is 214 Å². The fourth-order valence-electron chi connectivity index (χ4n) is 5.94. The molecule has 1 aliphatic heterocycles. The van der Waals surface area contributed by atoms with E-state index in [2.05, 4.69) is 19.2 Å². The molecule has 196 valence electrons. The van der Waals surface area contributed by atoms with Gasteiger partial charge in [-0.15, -0.1) is 0 Å². The second kappa shape index (κ2) is 10.6. The van der Waals surface area contributed by atoms with Gasteiger partial charge in [-0.3, -0.25) is 4.79 Å². The first-order valence-corrected chi connectivity index (χ1v) is 12.9. The minimum atomic E-state index is -0.627. The number of ketones is 1. The molecule has 0 radical (unpaired) electrons. The Kier molecular flexibility index (Phi) is 7.67. The van der Waals surface area contributed by atoms with Crippen molar-refractivity contribution < 1.29 is 28.5 Å². The summed E-state index contributed by atoms with van der Waals surface area (Å²) in [6.45, 7) is 6.08. The SMILES string of the molecule is COc1ccc([C@@H]2C(C(=O)OC3CCCCCC3)=C(C)NC3=C2C(=O)CC(C)(C)C3)c(OC)c1OC. The molecule has 0 amide bonds. The average Bonchev–Trinajstić information content (AvgIpc) is 3.09. The lowest BCUT2D eigenvalue weighted by atomic mass is 9.68. The predicted octanol–water partition coefficient (Wildman–Crippen LogP) is 5.58. The highest BCUT2D eigenvalue weighted by molar-refractivity contribution is 6.04. The summed E-state index contributed by atoms with van der Waals surface area (Å²) in [4.78, 5) is 27.5. The van der Waals surface area contributed by atoms with Crippen LogP contribution in [0.2, 0.25) is 0 Å². The van der Waals surface area contributed by atoms with Crippen molar-refractivity contribution in [2.24, 2.45) is 5.41 Å². The third-order valence-electron chi connectivity index (χ3n) is 7.58. The Morgan fingerprint density at radius 1 is 0.944 bits per heavy atom. The van der Waals surface area contributed by atoms with Crippen molar-refractivity contribution in [2.75, 3.05) is 21.3 Å². The molecule has 36 heavy (non-hydrogen) atoms. The van der Waals surface area contributed by atoms with E-state index in [-0.39, 0.29) is 23.3 Å². The second-order valence-corrected chi connectivity index (χ2v) is 10.9. The molecule has 0 saturated heterocycles. The summed E-state index contributed by atoms with van der Waals surface area (Å²) in [5, 5.41) is 3.41. The van der Waals surface area contributed by atoms with Gasteiger partial charge in [0.2, 0.25) is 5.75 Å². The van der Waals surface area contributed by atoms with Crippen LogP contribution in [0.4, 0.5) is 0 Å². The number of rotatable bonds is 6. The predicted molar refractivity (Wildman–Crippen MR) is 137 cm³/mol. The third kappa shape index (κ3) is 4.97. The maximum Gasteiger partial charge on any atom is 0.337 e. The van der Waals surface area contributed by atoms with Crippen molar-refractivity contribution in [3.63, 3.8) is 0 Å². The molecular formula is C29H39NO6. The van der Waals surface area contributed by atoms with E-state index < -0.39 is 5.92 Å². The van der Waals surface area contributed by atoms with Crippen molar-refractivity contribution in [1.82, 2.24) is 5.32 Å². The molecule has 0 bridgehead atoms. The average molecular weight is 498 g/mol. The van der Waals surface area contributed by atoms with Crippen molar-refractivity contribution >= 4 is 11.8 Å². The van der Waals surface area contributed by atoms with Crippen LogP contribution in [0.3, 0.4) is 0 Å². The monoisotopic (exact) mass is 497 g/mol. The lowest BCUT2D eigenvalue weighted by molar-refractivity contribution is -0.145. The zero-order chi connectivity index (χ0) is 26.0. The van der Waals surface area contributed by atoms with Crippen LogP contribution in [-0.2, 0) is 14.3 Å². The van der Waals surface area contributed by atoms with Crippen LogP contribution in [0.25, 0.3) is 0 Å². The van der Waals surface area contributed by atoms with E-state index in [0.29, 0.717) is 52.5 Å². The number of hydrogen-bond acceptors (Lipinski definition) is 7. The molecular weight excluding hydrogens is 458 g/mol. The Balaban J connectivity index is 1.85. The van der Waals surface area contributed by atoms with Gasteiger partial charge in [-0.05, 0) is 50.5 Å². The fraction of sp³-hybridized carbons (Fsp3) is 0.586. The summed E-state index contributed by atoms with van der Waals surface area (Å²) >= 11 is 0. The molecule has 4 rings (SSSR count). The number of carbonyl (C=O) groups excluding carboxylic acids is 2. The lowest BCUT2D eigenvalue weighted by Crippen LogP contribution is -2.39. The standard InChI is InChI=1S/C29H39NO6/c1-17-23(28(32)36-18-11-9-7-8-10-12-18)24(25-20(30-17)15-29(2,3)16-21(25)31)19-13-14-22(33-4)27(35-6)26(19)34-5/h13-14,18,24,30H,7-12,15-16H2,1-6H3/t24-/m1/s1. The first kappa shape index (κ1) is 26.1. The zero-order valence-corrected chi connectivity index (χ0v) is 22.4. The topological polar surface area (TPSA) is 83.1 Å². The minimum absolute atomic E-state index is 0.0304. The smallest absolute Gasteiger partial charge is 0.337 e. The maximum atomic E-state index is 13.8. The van der Waals surface area contributed by atoms with Crippen molar-refractivity contribution in [2.45, 2.75) is 84.2 Å². The van der Waals surface area contributed by atoms with Gasteiger partial charge in [0.25, 0.3) is 0 Å². The molecule has 1 fully saturated rings. The van der Waals surface area contributed by atoms with Gasteiger partial charge in [-0.1, -0.05) is 32.8 Å². The molecule has 0 spiro atoms. The Morgan fingerprint density at radius 2 is 1.61 bits per heavy atom. The maximum absolute atomic E-state index is 13.8. The number of carbonyl (C=O) groups is 2. The number of dihydropyridines is 1. The van der Waals surface area contributed by atoms with Gasteiger partial charge < -0.3 is 24.3 Å². The second-order valence-electron chi connectivity index (χ2n) is 10.9. The largest absolute Gasteiger partial charge is 0.493 e. The summed E-state index contributed by atoms with van der Waals surface area (Å²) < 4.78 is 23.0. The van der Waals surface area contributed by atoms with Gasteiger partial charge in [0.1, 0.15) is 6.10 Å². The van der Waals surface area contributed by atoms with E-state index in [0.717, 1.165) is 31.4 Å². The molecule has 0 unspecified atom stereocenters. The van der Waals surface area contributed by atoms with E-state index in [1.807, 2.05) is 13.0 Å². The molecule has 7 heteroatoms. The fourth-order valence-corrected chi connectivity index (χ4v) is 5.94. The van der Waals surface area contributed by atoms with Crippen molar-refractivity contribution in [1.29, 1.82) is 0 Å². The van der Waals surface area contributed by atoms with Gasteiger partial charge in [0, 0.05) is 29.0 Å². The quantitative estimate of drug-likeness (QED) is 0.406. The van der Waals surface area contributed by atoms with Gasteiger partial charge in [0.15, 0.2) is 17.3 Å². The molecule has 1 aromatic rings. The Bertz CT molecular complexity index is 1090. The normalized spacial score (nSPS) is 22.4. The van der Waals surface area contributed by atoms with Crippen LogP contribution in [0.1, 0.15) is 83.6 Å². The van der Waals surface area contributed by atoms with Crippen LogP contribution >= 0.6 is 0 Å². The van der Waals surface area contributed by atoms with Crippen molar-refractivity contribution in [3.8, 4) is 17.2 Å². The van der Waals surface area contributed by atoms with Crippen molar-refractivity contribution in [3.05, 3.63) is 40.2 Å². The molecule has 0 aromatic heterocycles. The van der Waals surface area contributed by atoms with E-state index in [1.165, 1.54) is 12.8 Å². The summed E-state index contributed by atoms with van der Waals surface area (Å²) in [5.74, 6) is 0.413. The van der Waals surface area contributed by atoms with Gasteiger partial charge in [-0.25, -0.2) is 4.79 Å². The molecule has 3 aliphatic rings. The van der Waals surface area contributed by atoms with E-state index >= 15 is 0 Å². The van der Waals surface area contributed by atoms with Crippen LogP contribution in [-0.4, -0.2) is 39.2 Å². The zero-order valence-electron chi connectivity index (χ0n) is 22.4. The van der Waals surface area contributed by atoms with Crippen LogP contribution < -0.4 is 19.5 Å². The molecule has 1 saturated carbocycles.